The summed E-state index contributed by atoms with van der Waals surface area (Å²) in [6.45, 7) is 4.65. The Morgan fingerprint density at radius 2 is 1.68 bits per heavy atom. The van der Waals surface area contributed by atoms with E-state index >= 15 is 0 Å². The average molecular weight is 304 g/mol. The van der Waals surface area contributed by atoms with Crippen LogP contribution in [-0.2, 0) is 0 Å². The molecule has 0 spiro atoms. The van der Waals surface area contributed by atoms with Crippen molar-refractivity contribution < 1.29 is 0 Å². The van der Waals surface area contributed by atoms with E-state index in [-0.39, 0.29) is 0 Å². The molecule has 0 saturated carbocycles. The average Bonchev–Trinajstić information content (AvgIpc) is 2.47. The zero-order valence-corrected chi connectivity index (χ0v) is 14.8. The summed E-state index contributed by atoms with van der Waals surface area (Å²) in [5.41, 5.74) is 0. The molecule has 1 heterocycles. The topological polar surface area (TPSA) is 12.0 Å². The van der Waals surface area contributed by atoms with Crippen LogP contribution in [-0.4, -0.2) is 35.1 Å². The number of rotatable bonds is 10. The normalized spacial score (nSPS) is 25.4. The molecule has 1 fully saturated rings. The van der Waals surface area contributed by atoms with Gasteiger partial charge in [-0.25, -0.2) is 0 Å². The van der Waals surface area contributed by atoms with Crippen LogP contribution >= 0.6 is 23.5 Å². The molecule has 0 aromatic rings. The maximum atomic E-state index is 3.60. The second-order valence-corrected chi connectivity index (χ2v) is 8.24. The van der Waals surface area contributed by atoms with Crippen molar-refractivity contribution in [2.45, 2.75) is 81.8 Å². The number of unbranched alkanes of at least 4 members (excludes halogenated alkanes) is 5. The highest BCUT2D eigenvalue weighted by atomic mass is 32.2. The Morgan fingerprint density at radius 3 is 2.37 bits per heavy atom. The van der Waals surface area contributed by atoms with Gasteiger partial charge in [-0.05, 0) is 19.9 Å². The van der Waals surface area contributed by atoms with Gasteiger partial charge in [0, 0.05) is 28.0 Å². The molecule has 1 N–H and O–H groups in total. The lowest BCUT2D eigenvalue weighted by atomic mass is 10.0. The highest BCUT2D eigenvalue weighted by Crippen LogP contribution is 2.36. The van der Waals surface area contributed by atoms with Crippen LogP contribution in [0.5, 0.6) is 0 Å². The molecule has 1 saturated heterocycles. The van der Waals surface area contributed by atoms with Crippen LogP contribution in [0.25, 0.3) is 0 Å². The third-order valence-corrected chi connectivity index (χ3v) is 7.54. The van der Waals surface area contributed by atoms with Crippen LogP contribution in [0.3, 0.4) is 0 Å². The summed E-state index contributed by atoms with van der Waals surface area (Å²) in [5.74, 6) is 2.70. The van der Waals surface area contributed by atoms with Crippen molar-refractivity contribution in [3.05, 3.63) is 0 Å². The predicted molar refractivity (Wildman–Crippen MR) is 93.6 cm³/mol. The molecule has 0 aromatic heterocycles. The van der Waals surface area contributed by atoms with E-state index in [1.807, 2.05) is 0 Å². The van der Waals surface area contributed by atoms with Crippen molar-refractivity contribution in [1.29, 1.82) is 0 Å². The summed E-state index contributed by atoms with van der Waals surface area (Å²) in [4.78, 5) is 0. The summed E-state index contributed by atoms with van der Waals surface area (Å²) in [7, 11) is 2.16. The first-order valence-corrected chi connectivity index (χ1v) is 10.3. The van der Waals surface area contributed by atoms with Crippen molar-refractivity contribution in [3.8, 4) is 0 Å². The van der Waals surface area contributed by atoms with Gasteiger partial charge >= 0.3 is 0 Å². The quantitative estimate of drug-likeness (QED) is 0.573. The van der Waals surface area contributed by atoms with Gasteiger partial charge in [0.1, 0.15) is 0 Å². The number of thioether (sulfide) groups is 2. The minimum absolute atomic E-state index is 0.730. The summed E-state index contributed by atoms with van der Waals surface area (Å²) in [5, 5.41) is 5.31. The maximum Gasteiger partial charge on any atom is 0.0320 e. The molecular formula is C16H33NS2. The fourth-order valence-electron chi connectivity index (χ4n) is 2.93. The van der Waals surface area contributed by atoms with Crippen molar-refractivity contribution in [2.75, 3.05) is 18.6 Å². The van der Waals surface area contributed by atoms with E-state index in [0.717, 1.165) is 16.5 Å². The number of nitrogens with one attached hydrogen (secondary N) is 1. The summed E-state index contributed by atoms with van der Waals surface area (Å²) in [6.07, 6.45) is 11.2. The van der Waals surface area contributed by atoms with Crippen LogP contribution in [0, 0.1) is 0 Å². The lowest BCUT2D eigenvalue weighted by molar-refractivity contribution is 0.458. The molecule has 0 bridgehead atoms. The molecule has 1 aliphatic rings. The minimum atomic E-state index is 0.730. The van der Waals surface area contributed by atoms with Crippen molar-refractivity contribution in [2.24, 2.45) is 0 Å². The third-order valence-electron chi connectivity index (χ3n) is 4.13. The van der Waals surface area contributed by atoms with Crippen LogP contribution < -0.4 is 5.32 Å². The molecule has 114 valence electrons. The van der Waals surface area contributed by atoms with Crippen LogP contribution in [0.1, 0.15) is 65.2 Å². The summed E-state index contributed by atoms with van der Waals surface area (Å²) >= 11 is 4.42. The number of hydrogen-bond acceptors (Lipinski definition) is 3. The van der Waals surface area contributed by atoms with Crippen molar-refractivity contribution in [1.82, 2.24) is 5.32 Å². The van der Waals surface area contributed by atoms with E-state index in [4.69, 9.17) is 0 Å². The van der Waals surface area contributed by atoms with E-state index in [1.165, 1.54) is 62.9 Å². The van der Waals surface area contributed by atoms with E-state index < -0.39 is 0 Å². The van der Waals surface area contributed by atoms with Gasteiger partial charge in [-0.2, -0.15) is 23.5 Å². The van der Waals surface area contributed by atoms with E-state index in [9.17, 15) is 0 Å². The molecule has 3 unspecified atom stereocenters. The molecule has 1 nitrogen and oxygen atoms in total. The van der Waals surface area contributed by atoms with Crippen LogP contribution in [0.15, 0.2) is 0 Å². The molecule has 0 aromatic carbocycles. The molecule has 3 heteroatoms. The number of hydrogen-bond donors (Lipinski definition) is 1. The first-order chi connectivity index (χ1) is 9.33. The predicted octanol–water partition coefficient (Wildman–Crippen LogP) is 4.95. The zero-order chi connectivity index (χ0) is 13.9. The molecule has 1 rings (SSSR count). The molecular weight excluding hydrogens is 270 g/mol. The minimum Gasteiger partial charge on any atom is -0.316 e. The third kappa shape index (κ3) is 6.77. The molecule has 3 atom stereocenters. The Hall–Kier alpha value is 0.660. The Balaban J connectivity index is 2.23. The standard InChI is InChI=1S/C16H33NS2/c1-4-6-7-8-9-10-11-14(17-3)16-15(5-2)18-12-13-19-16/h14-17H,4-13H2,1-3H3. The molecule has 0 aliphatic carbocycles. The van der Waals surface area contributed by atoms with Crippen LogP contribution in [0.2, 0.25) is 0 Å². The van der Waals surface area contributed by atoms with Crippen molar-refractivity contribution in [3.63, 3.8) is 0 Å². The Morgan fingerprint density at radius 1 is 1.00 bits per heavy atom. The van der Waals surface area contributed by atoms with E-state index in [1.54, 1.807) is 0 Å². The first kappa shape index (κ1) is 17.7. The molecule has 19 heavy (non-hydrogen) atoms. The Kier molecular flexibility index (Phi) is 10.6. The highest BCUT2D eigenvalue weighted by molar-refractivity contribution is 8.07. The van der Waals surface area contributed by atoms with Gasteiger partial charge in [-0.3, -0.25) is 0 Å². The monoisotopic (exact) mass is 303 g/mol. The first-order valence-electron chi connectivity index (χ1n) is 8.23. The van der Waals surface area contributed by atoms with E-state index in [2.05, 4.69) is 49.7 Å². The SMILES string of the molecule is CCCCCCCCC(NC)C1SCCSC1CC. The molecule has 0 amide bonds. The lowest BCUT2D eigenvalue weighted by Gasteiger charge is -2.36. The highest BCUT2D eigenvalue weighted by Gasteiger charge is 2.30. The largest absolute Gasteiger partial charge is 0.316 e. The van der Waals surface area contributed by atoms with Gasteiger partial charge in [0.15, 0.2) is 0 Å². The van der Waals surface area contributed by atoms with Gasteiger partial charge in [-0.1, -0.05) is 52.4 Å². The van der Waals surface area contributed by atoms with Gasteiger partial charge < -0.3 is 5.32 Å². The van der Waals surface area contributed by atoms with Gasteiger partial charge in [0.2, 0.25) is 0 Å². The summed E-state index contributed by atoms with van der Waals surface area (Å²) < 4.78 is 0. The van der Waals surface area contributed by atoms with Crippen molar-refractivity contribution >= 4 is 23.5 Å². The smallest absolute Gasteiger partial charge is 0.0320 e. The van der Waals surface area contributed by atoms with Gasteiger partial charge in [0.05, 0.1) is 0 Å². The van der Waals surface area contributed by atoms with Crippen LogP contribution in [0.4, 0.5) is 0 Å². The van der Waals surface area contributed by atoms with Gasteiger partial charge in [-0.15, -0.1) is 0 Å². The molecule has 0 radical (unpaired) electrons. The second kappa shape index (κ2) is 11.3. The van der Waals surface area contributed by atoms with E-state index in [0.29, 0.717) is 0 Å². The fourth-order valence-corrected chi connectivity index (χ4v) is 6.27. The fraction of sp³-hybridized carbons (Fsp3) is 1.00. The lowest BCUT2D eigenvalue weighted by Crippen LogP contribution is -2.43. The Bertz CT molecular complexity index is 211. The molecule has 1 aliphatic heterocycles. The second-order valence-electron chi connectivity index (χ2n) is 5.60. The Labute approximate surface area is 129 Å². The van der Waals surface area contributed by atoms with Gasteiger partial charge in [0.25, 0.3) is 0 Å². The zero-order valence-electron chi connectivity index (χ0n) is 13.1. The maximum absolute atomic E-state index is 3.60. The summed E-state index contributed by atoms with van der Waals surface area (Å²) in [6, 6.07) is 0.730.